The molecule has 1 saturated heterocycles. The zero-order valence-corrected chi connectivity index (χ0v) is 13.6. The minimum absolute atomic E-state index is 0.634. The molecule has 0 aromatic carbocycles. The Labute approximate surface area is 128 Å². The van der Waals surface area contributed by atoms with Gasteiger partial charge in [-0.1, -0.05) is 25.7 Å². The highest BCUT2D eigenvalue weighted by Gasteiger charge is 2.24. The van der Waals surface area contributed by atoms with Crippen LogP contribution in [0.2, 0.25) is 0 Å². The summed E-state index contributed by atoms with van der Waals surface area (Å²) < 4.78 is 2.21. The van der Waals surface area contributed by atoms with E-state index in [0.717, 1.165) is 6.54 Å². The maximum absolute atomic E-state index is 4.80. The summed E-state index contributed by atoms with van der Waals surface area (Å²) in [6.07, 6.45) is 12.9. The third-order valence-corrected chi connectivity index (χ3v) is 5.25. The van der Waals surface area contributed by atoms with Gasteiger partial charge < -0.3 is 0 Å². The molecule has 2 atom stereocenters. The lowest BCUT2D eigenvalue weighted by Gasteiger charge is -2.39. The summed E-state index contributed by atoms with van der Waals surface area (Å²) >= 11 is 0. The normalized spacial score (nSPS) is 28.9. The van der Waals surface area contributed by atoms with E-state index in [1.165, 1.54) is 57.1 Å². The van der Waals surface area contributed by atoms with Gasteiger partial charge in [-0.05, 0) is 45.6 Å². The highest BCUT2D eigenvalue weighted by Crippen LogP contribution is 2.27. The number of nitrogens with one attached hydrogen (secondary N) is 1. The molecule has 118 valence electrons. The largest absolute Gasteiger partial charge is 0.269 e. The number of nitrogens with zero attached hydrogens (tertiary/aromatic N) is 3. The fraction of sp³-hybridized carbons (Fsp3) is 0.824. The molecule has 0 bridgehead atoms. The van der Waals surface area contributed by atoms with E-state index < -0.39 is 0 Å². The highest BCUT2D eigenvalue weighted by atomic mass is 15.5. The van der Waals surface area contributed by atoms with E-state index in [-0.39, 0.29) is 0 Å². The molecule has 0 amide bonds. The van der Waals surface area contributed by atoms with E-state index in [2.05, 4.69) is 41.2 Å². The van der Waals surface area contributed by atoms with E-state index >= 15 is 0 Å². The predicted octanol–water partition coefficient (Wildman–Crippen LogP) is 3.66. The molecule has 3 rings (SSSR count). The number of hydrogen-bond donors (Lipinski definition) is 1. The molecule has 2 fully saturated rings. The number of piperidine rings is 1. The van der Waals surface area contributed by atoms with Crippen molar-refractivity contribution in [1.29, 1.82) is 0 Å². The lowest BCUT2D eigenvalue weighted by Crippen LogP contribution is -2.51. The maximum Gasteiger partial charge on any atom is 0.0776 e. The highest BCUT2D eigenvalue weighted by molar-refractivity contribution is 4.99. The summed E-state index contributed by atoms with van der Waals surface area (Å²) in [5.74, 6) is 0. The van der Waals surface area contributed by atoms with Crippen LogP contribution in [-0.4, -0.2) is 26.9 Å². The molecule has 4 heteroatoms. The van der Waals surface area contributed by atoms with E-state index in [0.29, 0.717) is 18.1 Å². The standard InChI is InChI=1S/C17H30N4/c1-14-7-6-8-15(2)21(14)18-13-16-11-12-20(19-16)17-9-4-3-5-10-17/h11-12,14-15,17-18H,3-10,13H2,1-2H3. The van der Waals surface area contributed by atoms with Crippen LogP contribution in [0.15, 0.2) is 12.3 Å². The molecular weight excluding hydrogens is 260 g/mol. The van der Waals surface area contributed by atoms with Crippen LogP contribution in [0.5, 0.6) is 0 Å². The van der Waals surface area contributed by atoms with Gasteiger partial charge >= 0.3 is 0 Å². The van der Waals surface area contributed by atoms with Crippen LogP contribution in [0, 0.1) is 0 Å². The van der Waals surface area contributed by atoms with Crippen LogP contribution in [0.25, 0.3) is 0 Å². The molecule has 2 unspecified atom stereocenters. The third-order valence-electron chi connectivity index (χ3n) is 5.25. The number of hydrogen-bond acceptors (Lipinski definition) is 3. The molecule has 1 aromatic heterocycles. The zero-order chi connectivity index (χ0) is 14.7. The van der Waals surface area contributed by atoms with Crippen molar-refractivity contribution in [2.24, 2.45) is 0 Å². The summed E-state index contributed by atoms with van der Waals surface area (Å²) in [6, 6.07) is 4.09. The molecule has 0 spiro atoms. The zero-order valence-electron chi connectivity index (χ0n) is 13.6. The van der Waals surface area contributed by atoms with Gasteiger partial charge in [-0.2, -0.15) is 5.10 Å². The first-order valence-electron chi connectivity index (χ1n) is 8.80. The Hall–Kier alpha value is -0.870. The third kappa shape index (κ3) is 3.67. The molecule has 4 nitrogen and oxygen atoms in total. The molecule has 21 heavy (non-hydrogen) atoms. The first kappa shape index (κ1) is 15.0. The Bertz CT molecular complexity index is 426. The Kier molecular flexibility index (Phi) is 4.96. The predicted molar refractivity (Wildman–Crippen MR) is 85.8 cm³/mol. The minimum atomic E-state index is 0.634. The van der Waals surface area contributed by atoms with Crippen molar-refractivity contribution in [2.45, 2.75) is 89.9 Å². The Morgan fingerprint density at radius 3 is 2.48 bits per heavy atom. The van der Waals surface area contributed by atoms with Gasteiger partial charge in [-0.3, -0.25) is 4.68 Å². The first-order valence-corrected chi connectivity index (χ1v) is 8.80. The molecule has 1 aliphatic carbocycles. The lowest BCUT2D eigenvalue weighted by molar-refractivity contribution is 0.0430. The Morgan fingerprint density at radius 1 is 1.05 bits per heavy atom. The SMILES string of the molecule is CC1CCCC(C)N1NCc1ccn(C2CCCCC2)n1. The van der Waals surface area contributed by atoms with Crippen LogP contribution in [0.4, 0.5) is 0 Å². The molecular formula is C17H30N4. The van der Waals surface area contributed by atoms with Crippen LogP contribution in [0.1, 0.15) is 76.9 Å². The number of hydrazine groups is 1. The fourth-order valence-electron chi connectivity index (χ4n) is 3.93. The monoisotopic (exact) mass is 290 g/mol. The van der Waals surface area contributed by atoms with Crippen LogP contribution in [0.3, 0.4) is 0 Å². The average Bonchev–Trinajstić information content (AvgIpc) is 2.97. The molecule has 1 N–H and O–H groups in total. The van der Waals surface area contributed by atoms with Crippen LogP contribution in [-0.2, 0) is 6.54 Å². The quantitative estimate of drug-likeness (QED) is 0.918. The van der Waals surface area contributed by atoms with Gasteiger partial charge in [0.1, 0.15) is 0 Å². The van der Waals surface area contributed by atoms with Crippen molar-refractivity contribution < 1.29 is 0 Å². The van der Waals surface area contributed by atoms with Crippen molar-refractivity contribution in [1.82, 2.24) is 20.2 Å². The van der Waals surface area contributed by atoms with Gasteiger partial charge in [0, 0.05) is 18.3 Å². The summed E-state index contributed by atoms with van der Waals surface area (Å²) in [7, 11) is 0. The van der Waals surface area contributed by atoms with Crippen molar-refractivity contribution in [3.8, 4) is 0 Å². The van der Waals surface area contributed by atoms with Gasteiger partial charge in [-0.15, -0.1) is 0 Å². The molecule has 1 aromatic rings. The maximum atomic E-state index is 4.80. The molecule has 1 aliphatic heterocycles. The number of aromatic nitrogens is 2. The Balaban J connectivity index is 1.54. The van der Waals surface area contributed by atoms with Gasteiger partial charge in [0.05, 0.1) is 18.3 Å². The second kappa shape index (κ2) is 6.93. The van der Waals surface area contributed by atoms with Gasteiger partial charge in [-0.25, -0.2) is 10.4 Å². The van der Waals surface area contributed by atoms with Crippen molar-refractivity contribution in [2.75, 3.05) is 0 Å². The minimum Gasteiger partial charge on any atom is -0.269 e. The molecule has 1 saturated carbocycles. The van der Waals surface area contributed by atoms with E-state index in [9.17, 15) is 0 Å². The summed E-state index contributed by atoms with van der Waals surface area (Å²) in [5.41, 5.74) is 4.78. The fourth-order valence-corrected chi connectivity index (χ4v) is 3.93. The lowest BCUT2D eigenvalue weighted by atomic mass is 9.96. The van der Waals surface area contributed by atoms with E-state index in [1.807, 2.05) is 0 Å². The summed E-state index contributed by atoms with van der Waals surface area (Å²) in [6.45, 7) is 5.50. The summed E-state index contributed by atoms with van der Waals surface area (Å²) in [5, 5.41) is 7.23. The van der Waals surface area contributed by atoms with Crippen molar-refractivity contribution in [3.63, 3.8) is 0 Å². The van der Waals surface area contributed by atoms with Crippen LogP contribution < -0.4 is 5.43 Å². The van der Waals surface area contributed by atoms with Crippen molar-refractivity contribution >= 4 is 0 Å². The average molecular weight is 290 g/mol. The molecule has 2 aliphatic rings. The number of rotatable bonds is 4. The topological polar surface area (TPSA) is 33.1 Å². The molecule has 2 heterocycles. The van der Waals surface area contributed by atoms with E-state index in [1.54, 1.807) is 0 Å². The Morgan fingerprint density at radius 2 is 1.76 bits per heavy atom. The smallest absolute Gasteiger partial charge is 0.0776 e. The van der Waals surface area contributed by atoms with Crippen LogP contribution >= 0.6 is 0 Å². The van der Waals surface area contributed by atoms with Gasteiger partial charge in [0.15, 0.2) is 0 Å². The first-order chi connectivity index (χ1) is 10.2. The van der Waals surface area contributed by atoms with Crippen molar-refractivity contribution in [3.05, 3.63) is 18.0 Å². The van der Waals surface area contributed by atoms with Gasteiger partial charge in [0.25, 0.3) is 0 Å². The molecule has 0 radical (unpaired) electrons. The second-order valence-corrected chi connectivity index (χ2v) is 6.95. The second-order valence-electron chi connectivity index (χ2n) is 6.95. The summed E-state index contributed by atoms with van der Waals surface area (Å²) in [4.78, 5) is 0. The van der Waals surface area contributed by atoms with Gasteiger partial charge in [0.2, 0.25) is 0 Å². The van der Waals surface area contributed by atoms with E-state index in [4.69, 9.17) is 5.10 Å².